The molecule has 276 valence electrons. The minimum atomic E-state index is -6.32. The topological polar surface area (TPSA) is 44.7 Å². The van der Waals surface area contributed by atoms with Crippen molar-refractivity contribution in [2.45, 2.75) is 30.1 Å². The molecule has 1 aliphatic carbocycles. The van der Waals surface area contributed by atoms with Gasteiger partial charge in [0.05, 0.1) is 36.5 Å². The molecule has 0 fully saturated rings. The van der Waals surface area contributed by atoms with Gasteiger partial charge in [0.15, 0.2) is 0 Å². The second-order valence-corrected chi connectivity index (χ2v) is 11.8. The number of alkyl halides is 12. The van der Waals surface area contributed by atoms with Crippen LogP contribution in [-0.2, 0) is 12.4 Å². The number of rotatable bonds is 6. The van der Waals surface area contributed by atoms with E-state index in [9.17, 15) is 26.3 Å². The quantitative estimate of drug-likeness (QED) is 0.159. The number of benzene rings is 4. The summed E-state index contributed by atoms with van der Waals surface area (Å²) in [4.78, 5) is 0. The van der Waals surface area contributed by atoms with Crippen LogP contribution in [0.1, 0.15) is 22.3 Å². The van der Waals surface area contributed by atoms with E-state index in [1.54, 1.807) is 0 Å². The minimum absolute atomic E-state index is 0.487. The number of methoxy groups -OCH3 is 2. The van der Waals surface area contributed by atoms with E-state index in [4.69, 9.17) is 18.3 Å². The average Bonchev–Trinajstić information content (AvgIpc) is 3.69. The third kappa shape index (κ3) is 5.08. The zero-order valence-electron chi connectivity index (χ0n) is 26.8. The normalized spacial score (nSPS) is 16.9. The van der Waals surface area contributed by atoms with Gasteiger partial charge in [-0.15, -0.1) is 0 Å². The van der Waals surface area contributed by atoms with Gasteiger partial charge in [-0.05, 0) is 36.4 Å². The maximum atomic E-state index is 16.6. The van der Waals surface area contributed by atoms with Gasteiger partial charge >= 0.3 is 30.1 Å². The second-order valence-electron chi connectivity index (χ2n) is 11.8. The number of allylic oxidation sites excluding steroid dienone is 2. The van der Waals surface area contributed by atoms with E-state index in [-0.39, 0.29) is 0 Å². The van der Waals surface area contributed by atoms with Crippen molar-refractivity contribution in [3.05, 3.63) is 107 Å². The molecule has 0 amide bonds. The van der Waals surface area contributed by atoms with Gasteiger partial charge in [0, 0.05) is 33.0 Å². The van der Waals surface area contributed by atoms with Gasteiger partial charge in [-0.1, -0.05) is 48.5 Å². The van der Waals surface area contributed by atoms with Crippen LogP contribution in [0.3, 0.4) is 0 Å². The molecule has 1 aliphatic rings. The molecule has 4 aromatic carbocycles. The summed E-state index contributed by atoms with van der Waals surface area (Å²) >= 11 is 0. The summed E-state index contributed by atoms with van der Waals surface area (Å²) < 4.78 is 207. The molecule has 4 nitrogen and oxygen atoms in total. The van der Waals surface area contributed by atoms with E-state index >= 15 is 26.3 Å². The molecule has 16 heteroatoms. The van der Waals surface area contributed by atoms with Crippen molar-refractivity contribution in [3.8, 4) is 34.1 Å². The first-order chi connectivity index (χ1) is 24.8. The van der Waals surface area contributed by atoms with Crippen LogP contribution in [0.5, 0.6) is 11.5 Å². The second kappa shape index (κ2) is 11.7. The molecule has 0 atom stereocenters. The highest BCUT2D eigenvalue weighted by Gasteiger charge is 2.81. The first-order valence-corrected chi connectivity index (χ1v) is 15.2. The molecule has 53 heavy (non-hydrogen) atoms. The van der Waals surface area contributed by atoms with Gasteiger partial charge in [-0.25, -0.2) is 0 Å². The molecule has 0 bridgehead atoms. The predicted octanol–water partition coefficient (Wildman–Crippen LogP) is 12.4. The lowest BCUT2D eigenvalue weighted by Crippen LogP contribution is -2.48. The van der Waals surface area contributed by atoms with Crippen molar-refractivity contribution in [3.63, 3.8) is 0 Å². The average molecular weight is 757 g/mol. The van der Waals surface area contributed by atoms with Gasteiger partial charge < -0.3 is 18.3 Å². The van der Waals surface area contributed by atoms with Crippen LogP contribution in [0.25, 0.3) is 55.7 Å². The van der Waals surface area contributed by atoms with E-state index in [0.29, 0.717) is 12.1 Å². The monoisotopic (exact) mass is 756 g/mol. The van der Waals surface area contributed by atoms with Crippen LogP contribution in [0.2, 0.25) is 0 Å². The Morgan fingerprint density at radius 2 is 0.830 bits per heavy atom. The molecule has 7 rings (SSSR count). The van der Waals surface area contributed by atoms with Crippen molar-refractivity contribution >= 4 is 33.1 Å². The SMILES string of the molecule is COc1cccc(C(F)(F)F)c1-c1oc2ccccc2c1C1=C(c2c(-c3c(OC)cccc3C(F)(F)F)oc3ccccc23)C(F)(F)C(F)(F)C1(F)F. The van der Waals surface area contributed by atoms with Crippen LogP contribution < -0.4 is 9.47 Å². The lowest BCUT2D eigenvalue weighted by atomic mass is 9.87. The van der Waals surface area contributed by atoms with Crippen molar-refractivity contribution in [2.75, 3.05) is 14.2 Å². The Labute approximate surface area is 289 Å². The Kier molecular flexibility index (Phi) is 7.94. The van der Waals surface area contributed by atoms with Crippen molar-refractivity contribution < 1.29 is 71.0 Å². The number of fused-ring (bicyclic) bond motifs is 2. The number of hydrogen-bond donors (Lipinski definition) is 0. The largest absolute Gasteiger partial charge is 0.496 e. The lowest BCUT2D eigenvalue weighted by Gasteiger charge is -2.26. The predicted molar refractivity (Wildman–Crippen MR) is 168 cm³/mol. The molecule has 0 unspecified atom stereocenters. The maximum Gasteiger partial charge on any atom is 0.417 e. The highest BCUT2D eigenvalue weighted by molar-refractivity contribution is 6.15. The Balaban J connectivity index is 1.75. The summed E-state index contributed by atoms with van der Waals surface area (Å²) in [5.74, 6) is -21.9. The molecule has 0 aliphatic heterocycles. The number of furan rings is 2. The Morgan fingerprint density at radius 1 is 0.472 bits per heavy atom. The van der Waals surface area contributed by atoms with Crippen LogP contribution in [-0.4, -0.2) is 32.0 Å². The van der Waals surface area contributed by atoms with Crippen molar-refractivity contribution in [1.29, 1.82) is 0 Å². The Morgan fingerprint density at radius 3 is 1.17 bits per heavy atom. The standard InChI is InChI=1S/C37H20F12O4/c1-50-23-15-7-11-19(35(42,43)44)27(23)31-25(17-9-3-5-13-21(17)52-31)29-30(34(40,41)37(48,49)33(29,38)39)26-18-10-4-6-14-22(18)53-32(26)28-20(36(45,46)47)12-8-16-24(28)51-2/h3-16H,1-2H3. The summed E-state index contributed by atoms with van der Waals surface area (Å²) in [5.41, 5.74) is -13.4. The third-order valence-corrected chi connectivity index (χ3v) is 8.91. The Hall–Kier alpha value is -5.54. The smallest absolute Gasteiger partial charge is 0.417 e. The molecule has 0 spiro atoms. The summed E-state index contributed by atoms with van der Waals surface area (Å²) in [7, 11) is 1.82. The van der Waals surface area contributed by atoms with Crippen LogP contribution in [0.4, 0.5) is 52.7 Å². The molecule has 0 radical (unpaired) electrons. The van der Waals surface area contributed by atoms with Crippen molar-refractivity contribution in [1.82, 2.24) is 0 Å². The van der Waals surface area contributed by atoms with Crippen LogP contribution >= 0.6 is 0 Å². The first kappa shape index (κ1) is 35.8. The fourth-order valence-corrected chi connectivity index (χ4v) is 6.67. The number of halogens is 12. The minimum Gasteiger partial charge on any atom is -0.496 e. The van der Waals surface area contributed by atoms with E-state index < -0.39 is 120 Å². The van der Waals surface area contributed by atoms with Gasteiger partial charge in [0.1, 0.15) is 34.2 Å². The highest BCUT2D eigenvalue weighted by atomic mass is 19.4. The first-order valence-electron chi connectivity index (χ1n) is 15.2. The van der Waals surface area contributed by atoms with Gasteiger partial charge in [-0.2, -0.15) is 52.7 Å². The zero-order valence-corrected chi connectivity index (χ0v) is 26.8. The van der Waals surface area contributed by atoms with Crippen LogP contribution in [0, 0.1) is 0 Å². The molecule has 0 saturated heterocycles. The maximum absolute atomic E-state index is 16.6. The Bertz CT molecular complexity index is 2280. The molecular formula is C37H20F12O4. The fraction of sp³-hybridized carbons (Fsp3) is 0.189. The van der Waals surface area contributed by atoms with Gasteiger partial charge in [-0.3, -0.25) is 0 Å². The van der Waals surface area contributed by atoms with Gasteiger partial charge in [0.25, 0.3) is 0 Å². The summed E-state index contributed by atoms with van der Waals surface area (Å²) in [5, 5.41) is -1.21. The van der Waals surface area contributed by atoms with E-state index in [1.165, 1.54) is 12.1 Å². The van der Waals surface area contributed by atoms with E-state index in [1.807, 2.05) is 0 Å². The van der Waals surface area contributed by atoms with Gasteiger partial charge in [0.2, 0.25) is 0 Å². The third-order valence-electron chi connectivity index (χ3n) is 8.91. The van der Waals surface area contributed by atoms with E-state index in [2.05, 4.69) is 0 Å². The molecule has 2 aromatic heterocycles. The molecule has 2 heterocycles. The molecule has 0 N–H and O–H groups in total. The van der Waals surface area contributed by atoms with Crippen molar-refractivity contribution in [2.24, 2.45) is 0 Å². The molecular weight excluding hydrogens is 736 g/mol. The number of hydrogen-bond acceptors (Lipinski definition) is 4. The molecule has 0 saturated carbocycles. The summed E-state index contributed by atoms with van der Waals surface area (Å²) in [6.45, 7) is 0. The summed E-state index contributed by atoms with van der Waals surface area (Å²) in [6, 6.07) is 13.6. The number of para-hydroxylation sites is 2. The highest BCUT2D eigenvalue weighted by Crippen LogP contribution is 2.68. The lowest BCUT2D eigenvalue weighted by molar-refractivity contribution is -0.254. The van der Waals surface area contributed by atoms with Crippen LogP contribution in [0.15, 0.2) is 93.8 Å². The summed E-state index contributed by atoms with van der Waals surface area (Å²) in [6.07, 6.45) is -10.5. The molecule has 6 aromatic rings. The number of ether oxygens (including phenoxy) is 2. The fourth-order valence-electron chi connectivity index (χ4n) is 6.67. The van der Waals surface area contributed by atoms with E-state index in [0.717, 1.165) is 74.9 Å². The zero-order chi connectivity index (χ0) is 38.5.